The van der Waals surface area contributed by atoms with Crippen molar-refractivity contribution >= 4 is 43.6 Å². The number of fused-ring (bicyclic) bond motifs is 6. The van der Waals surface area contributed by atoms with Crippen LogP contribution in [0, 0.1) is 0 Å². The first kappa shape index (κ1) is 34.8. The molecule has 0 saturated carbocycles. The first-order valence-corrected chi connectivity index (χ1v) is 20.7. The van der Waals surface area contributed by atoms with Crippen LogP contribution in [0.1, 0.15) is 18.9 Å². The van der Waals surface area contributed by atoms with Crippen LogP contribution in [-0.2, 0) is 6.42 Å². The van der Waals surface area contributed by atoms with E-state index in [4.69, 9.17) is 0 Å². The molecule has 280 valence electrons. The molecule has 0 saturated heterocycles. The van der Waals surface area contributed by atoms with E-state index in [1.165, 1.54) is 100 Å². The molecule has 59 heavy (non-hydrogen) atoms. The molecule has 0 unspecified atom stereocenters. The van der Waals surface area contributed by atoms with Crippen molar-refractivity contribution < 1.29 is 0 Å². The van der Waals surface area contributed by atoms with Crippen LogP contribution in [0.4, 0.5) is 0 Å². The van der Waals surface area contributed by atoms with Crippen molar-refractivity contribution in [3.05, 3.63) is 218 Å². The highest BCUT2D eigenvalue weighted by atomic mass is 15.0. The molecule has 0 spiro atoms. The van der Waals surface area contributed by atoms with Gasteiger partial charge in [0.1, 0.15) is 0 Å². The van der Waals surface area contributed by atoms with Gasteiger partial charge in [-0.2, -0.15) is 0 Å². The SMILES string of the molecule is CCCc1ccc(-c2ccc(-c3cccc(-n4c5ccccc5c5cc(-c6ccc7c(c6)c6ccccc6n7-c6ccc(-c7ccccc7)cc6)ccc54)c3)cc2)cc1. The Morgan fingerprint density at radius 1 is 0.288 bits per heavy atom. The first-order chi connectivity index (χ1) is 29.2. The number of benzene rings is 9. The third-order valence-electron chi connectivity index (χ3n) is 12.1. The van der Waals surface area contributed by atoms with Crippen LogP contribution in [0.5, 0.6) is 0 Å². The second-order valence-electron chi connectivity index (χ2n) is 15.7. The van der Waals surface area contributed by atoms with Gasteiger partial charge in [0.05, 0.1) is 22.1 Å². The summed E-state index contributed by atoms with van der Waals surface area (Å²) >= 11 is 0. The van der Waals surface area contributed by atoms with E-state index in [0.717, 1.165) is 17.8 Å². The summed E-state index contributed by atoms with van der Waals surface area (Å²) < 4.78 is 4.82. The average Bonchev–Trinajstić information content (AvgIpc) is 3.82. The summed E-state index contributed by atoms with van der Waals surface area (Å²) in [5.41, 5.74) is 18.3. The molecule has 0 aliphatic heterocycles. The van der Waals surface area contributed by atoms with Gasteiger partial charge in [-0.1, -0.05) is 165 Å². The summed E-state index contributed by atoms with van der Waals surface area (Å²) in [4.78, 5) is 0. The second kappa shape index (κ2) is 14.5. The minimum absolute atomic E-state index is 1.12. The zero-order valence-corrected chi connectivity index (χ0v) is 33.0. The van der Waals surface area contributed by atoms with E-state index >= 15 is 0 Å². The minimum atomic E-state index is 1.12. The summed E-state index contributed by atoms with van der Waals surface area (Å²) in [5.74, 6) is 0. The summed E-state index contributed by atoms with van der Waals surface area (Å²) in [5, 5.41) is 5.01. The van der Waals surface area contributed by atoms with Gasteiger partial charge in [0.2, 0.25) is 0 Å². The number of aromatic nitrogens is 2. The van der Waals surface area contributed by atoms with E-state index in [1.54, 1.807) is 0 Å². The smallest absolute Gasteiger partial charge is 0.0541 e. The Bertz CT molecular complexity index is 3290. The monoisotopic (exact) mass is 754 g/mol. The van der Waals surface area contributed by atoms with Gasteiger partial charge < -0.3 is 9.13 Å². The second-order valence-corrected chi connectivity index (χ2v) is 15.7. The third kappa shape index (κ3) is 6.13. The molecular weight excluding hydrogens is 713 g/mol. The Kier molecular flexibility index (Phi) is 8.56. The van der Waals surface area contributed by atoms with Crippen LogP contribution < -0.4 is 0 Å². The largest absolute Gasteiger partial charge is 0.309 e. The topological polar surface area (TPSA) is 9.86 Å². The van der Waals surface area contributed by atoms with Crippen molar-refractivity contribution in [2.75, 3.05) is 0 Å². The van der Waals surface area contributed by atoms with E-state index in [2.05, 4.69) is 228 Å². The Morgan fingerprint density at radius 3 is 1.27 bits per heavy atom. The highest BCUT2D eigenvalue weighted by Gasteiger charge is 2.17. The van der Waals surface area contributed by atoms with E-state index in [0.29, 0.717) is 0 Å². The van der Waals surface area contributed by atoms with Crippen molar-refractivity contribution in [2.45, 2.75) is 19.8 Å². The number of para-hydroxylation sites is 2. The lowest BCUT2D eigenvalue weighted by Crippen LogP contribution is -1.94. The van der Waals surface area contributed by atoms with Crippen LogP contribution in [0.15, 0.2) is 212 Å². The summed E-state index contributed by atoms with van der Waals surface area (Å²) in [6.07, 6.45) is 2.29. The van der Waals surface area contributed by atoms with Gasteiger partial charge >= 0.3 is 0 Å². The Morgan fingerprint density at radius 2 is 0.695 bits per heavy atom. The molecule has 0 fully saturated rings. The predicted octanol–water partition coefficient (Wildman–Crippen LogP) is 15.5. The Hall–Kier alpha value is -7.42. The quantitative estimate of drug-likeness (QED) is 0.146. The molecule has 11 aromatic rings. The lowest BCUT2D eigenvalue weighted by molar-refractivity contribution is 0.922. The fourth-order valence-corrected chi connectivity index (χ4v) is 9.13. The van der Waals surface area contributed by atoms with Crippen LogP contribution >= 0.6 is 0 Å². The van der Waals surface area contributed by atoms with Crippen LogP contribution in [0.3, 0.4) is 0 Å². The standard InChI is InChI=1S/C57H42N2/c1-2-11-39-20-22-41(23-21-39)42-24-26-44(27-25-42)45-14-10-15-49(36-45)59-55-19-9-7-17-51(55)53-38-47(31-35-57(53)59)46-30-34-56-52(37-46)50-16-6-8-18-54(50)58(56)48-32-28-43(29-33-48)40-12-4-3-5-13-40/h3-10,12-38H,2,11H2,1H3. The molecule has 0 bridgehead atoms. The minimum Gasteiger partial charge on any atom is -0.309 e. The van der Waals surface area contributed by atoms with Crippen molar-refractivity contribution in [2.24, 2.45) is 0 Å². The molecule has 0 aliphatic rings. The van der Waals surface area contributed by atoms with Gasteiger partial charge in [0, 0.05) is 32.9 Å². The highest BCUT2D eigenvalue weighted by molar-refractivity contribution is 6.12. The summed E-state index contributed by atoms with van der Waals surface area (Å²) in [6, 6.07) is 78.0. The number of hydrogen-bond acceptors (Lipinski definition) is 0. The number of rotatable bonds is 8. The van der Waals surface area contributed by atoms with Gasteiger partial charge in [-0.25, -0.2) is 0 Å². The molecule has 9 aromatic carbocycles. The zero-order chi connectivity index (χ0) is 39.3. The maximum Gasteiger partial charge on any atom is 0.0541 e. The van der Waals surface area contributed by atoms with Crippen molar-refractivity contribution in [1.29, 1.82) is 0 Å². The van der Waals surface area contributed by atoms with Crippen LogP contribution in [0.2, 0.25) is 0 Å². The molecular formula is C57H42N2. The van der Waals surface area contributed by atoms with Crippen molar-refractivity contribution in [3.8, 4) is 55.9 Å². The molecule has 0 atom stereocenters. The number of nitrogens with zero attached hydrogens (tertiary/aromatic N) is 2. The van der Waals surface area contributed by atoms with E-state index < -0.39 is 0 Å². The van der Waals surface area contributed by atoms with E-state index in [-0.39, 0.29) is 0 Å². The lowest BCUT2D eigenvalue weighted by atomic mass is 9.98. The molecule has 0 aliphatic carbocycles. The Labute approximate surface area is 344 Å². The Balaban J connectivity index is 0.960. The highest BCUT2D eigenvalue weighted by Crippen LogP contribution is 2.39. The summed E-state index contributed by atoms with van der Waals surface area (Å²) in [6.45, 7) is 2.23. The van der Waals surface area contributed by atoms with Gasteiger partial charge in [-0.15, -0.1) is 0 Å². The zero-order valence-electron chi connectivity index (χ0n) is 33.0. The van der Waals surface area contributed by atoms with Crippen molar-refractivity contribution in [1.82, 2.24) is 9.13 Å². The molecule has 0 amide bonds. The van der Waals surface area contributed by atoms with Crippen LogP contribution in [-0.4, -0.2) is 9.13 Å². The first-order valence-electron chi connectivity index (χ1n) is 20.7. The fourth-order valence-electron chi connectivity index (χ4n) is 9.13. The van der Waals surface area contributed by atoms with E-state index in [9.17, 15) is 0 Å². The maximum atomic E-state index is 2.42. The van der Waals surface area contributed by atoms with Crippen molar-refractivity contribution in [3.63, 3.8) is 0 Å². The average molecular weight is 755 g/mol. The fraction of sp³-hybridized carbons (Fsp3) is 0.0526. The molecule has 11 rings (SSSR count). The third-order valence-corrected chi connectivity index (χ3v) is 12.1. The predicted molar refractivity (Wildman–Crippen MR) is 251 cm³/mol. The number of hydrogen-bond donors (Lipinski definition) is 0. The normalized spacial score (nSPS) is 11.6. The van der Waals surface area contributed by atoms with Gasteiger partial charge in [0.15, 0.2) is 0 Å². The maximum absolute atomic E-state index is 2.42. The molecule has 2 nitrogen and oxygen atoms in total. The van der Waals surface area contributed by atoms with Crippen LogP contribution in [0.25, 0.3) is 99.5 Å². The molecule has 2 heteroatoms. The van der Waals surface area contributed by atoms with Gasteiger partial charge in [0.25, 0.3) is 0 Å². The number of aryl methyl sites for hydroxylation is 1. The summed E-state index contributed by atoms with van der Waals surface area (Å²) in [7, 11) is 0. The van der Waals surface area contributed by atoms with Gasteiger partial charge in [-0.05, 0) is 117 Å². The molecule has 2 aromatic heterocycles. The lowest BCUT2D eigenvalue weighted by Gasteiger charge is -2.11. The molecule has 0 radical (unpaired) electrons. The van der Waals surface area contributed by atoms with E-state index in [1.807, 2.05) is 0 Å². The molecule has 0 N–H and O–H groups in total. The van der Waals surface area contributed by atoms with Gasteiger partial charge in [-0.3, -0.25) is 0 Å². The molecule has 2 heterocycles.